The number of carboxylic acids is 1. The third-order valence-corrected chi connectivity index (χ3v) is 4.22. The van der Waals surface area contributed by atoms with Gasteiger partial charge in [-0.1, -0.05) is 6.92 Å². The number of hydrogen-bond donors (Lipinski definition) is 1. The van der Waals surface area contributed by atoms with Crippen molar-refractivity contribution < 1.29 is 9.90 Å². The van der Waals surface area contributed by atoms with Crippen molar-refractivity contribution in [3.8, 4) is 0 Å². The third-order valence-electron chi connectivity index (χ3n) is 4.22. The molecule has 0 unspecified atom stereocenters. The van der Waals surface area contributed by atoms with Gasteiger partial charge in [-0.05, 0) is 50.2 Å². The number of pyridine rings is 1. The van der Waals surface area contributed by atoms with Crippen molar-refractivity contribution in [1.29, 1.82) is 0 Å². The average molecular weight is 262 g/mol. The molecule has 1 aliphatic carbocycles. The number of carbonyl (C=O) groups is 1. The molecule has 0 aliphatic heterocycles. The van der Waals surface area contributed by atoms with E-state index in [1.807, 2.05) is 14.0 Å². The van der Waals surface area contributed by atoms with Gasteiger partial charge in [0.15, 0.2) is 0 Å². The van der Waals surface area contributed by atoms with Gasteiger partial charge >= 0.3 is 5.97 Å². The molecular formula is C15H22N2O2. The lowest BCUT2D eigenvalue weighted by Gasteiger charge is -2.35. The summed E-state index contributed by atoms with van der Waals surface area (Å²) in [6, 6.07) is 2.16. The highest BCUT2D eigenvalue weighted by Crippen LogP contribution is 2.30. The molecule has 1 saturated carbocycles. The van der Waals surface area contributed by atoms with E-state index in [-0.39, 0.29) is 0 Å². The van der Waals surface area contributed by atoms with Crippen LogP contribution in [0.1, 0.15) is 48.5 Å². The van der Waals surface area contributed by atoms with E-state index in [1.165, 1.54) is 12.8 Å². The average Bonchev–Trinajstić information content (AvgIpc) is 2.38. The van der Waals surface area contributed by atoms with Crippen molar-refractivity contribution in [3.63, 3.8) is 0 Å². The van der Waals surface area contributed by atoms with Crippen LogP contribution in [0.25, 0.3) is 0 Å². The fraction of sp³-hybridized carbons (Fsp3) is 0.600. The summed E-state index contributed by atoms with van der Waals surface area (Å²) in [4.78, 5) is 17.8. The maximum Gasteiger partial charge on any atom is 0.339 e. The number of rotatable bonds is 3. The zero-order valence-electron chi connectivity index (χ0n) is 11.9. The normalized spacial score (nSPS) is 23.1. The molecule has 0 saturated heterocycles. The fourth-order valence-electron chi connectivity index (χ4n) is 2.88. The Hall–Kier alpha value is -1.58. The molecule has 1 aromatic heterocycles. The molecule has 0 amide bonds. The molecule has 2 rings (SSSR count). The molecule has 0 bridgehead atoms. The number of aromatic carboxylic acids is 1. The smallest absolute Gasteiger partial charge is 0.339 e. The van der Waals surface area contributed by atoms with Crippen LogP contribution in [-0.4, -0.2) is 29.1 Å². The first-order valence-corrected chi connectivity index (χ1v) is 6.92. The van der Waals surface area contributed by atoms with Gasteiger partial charge in [0.25, 0.3) is 0 Å². The Morgan fingerprint density at radius 2 is 2.00 bits per heavy atom. The summed E-state index contributed by atoms with van der Waals surface area (Å²) in [5.41, 5.74) is 1.11. The SMILES string of the molecule is Cc1ccnc(N(C)C2CCC(C)CC2)c1C(=O)O. The molecular weight excluding hydrogens is 240 g/mol. The van der Waals surface area contributed by atoms with Crippen molar-refractivity contribution in [2.75, 3.05) is 11.9 Å². The number of nitrogens with zero attached hydrogens (tertiary/aromatic N) is 2. The Kier molecular flexibility index (Phi) is 4.08. The number of hydrogen-bond acceptors (Lipinski definition) is 3. The van der Waals surface area contributed by atoms with Gasteiger partial charge in [0.1, 0.15) is 11.4 Å². The lowest BCUT2D eigenvalue weighted by atomic mass is 9.86. The molecule has 1 fully saturated rings. The molecule has 19 heavy (non-hydrogen) atoms. The van der Waals surface area contributed by atoms with E-state index in [1.54, 1.807) is 12.3 Å². The van der Waals surface area contributed by atoms with Crippen molar-refractivity contribution in [1.82, 2.24) is 4.98 Å². The molecule has 1 aromatic rings. The Labute approximate surface area is 114 Å². The lowest BCUT2D eigenvalue weighted by molar-refractivity contribution is 0.0696. The molecule has 4 nitrogen and oxygen atoms in total. The quantitative estimate of drug-likeness (QED) is 0.909. The largest absolute Gasteiger partial charge is 0.478 e. The summed E-state index contributed by atoms with van der Waals surface area (Å²) in [6.45, 7) is 4.11. The Morgan fingerprint density at radius 1 is 1.37 bits per heavy atom. The van der Waals surface area contributed by atoms with Gasteiger partial charge in [0.2, 0.25) is 0 Å². The maximum atomic E-state index is 11.4. The van der Waals surface area contributed by atoms with Crippen molar-refractivity contribution in [2.45, 2.75) is 45.6 Å². The van der Waals surface area contributed by atoms with Crippen LogP contribution in [0.2, 0.25) is 0 Å². The highest BCUT2D eigenvalue weighted by atomic mass is 16.4. The van der Waals surface area contributed by atoms with Crippen LogP contribution in [0.15, 0.2) is 12.3 Å². The van der Waals surface area contributed by atoms with E-state index in [4.69, 9.17) is 0 Å². The number of aryl methyl sites for hydroxylation is 1. The van der Waals surface area contributed by atoms with E-state index in [0.717, 1.165) is 24.3 Å². The second-order valence-corrected chi connectivity index (χ2v) is 5.66. The van der Waals surface area contributed by atoms with Crippen molar-refractivity contribution in [2.24, 2.45) is 5.92 Å². The minimum Gasteiger partial charge on any atom is -0.478 e. The Bertz CT molecular complexity index is 465. The molecule has 1 N–H and O–H groups in total. The van der Waals surface area contributed by atoms with Crippen molar-refractivity contribution in [3.05, 3.63) is 23.4 Å². The van der Waals surface area contributed by atoms with Gasteiger partial charge in [0, 0.05) is 19.3 Å². The maximum absolute atomic E-state index is 11.4. The van der Waals surface area contributed by atoms with Crippen molar-refractivity contribution >= 4 is 11.8 Å². The van der Waals surface area contributed by atoms with Gasteiger partial charge in [-0.15, -0.1) is 0 Å². The van der Waals surface area contributed by atoms with Crippen LogP contribution < -0.4 is 4.90 Å². The van der Waals surface area contributed by atoms with Gasteiger partial charge in [-0.2, -0.15) is 0 Å². The highest BCUT2D eigenvalue weighted by Gasteiger charge is 2.26. The molecule has 0 aromatic carbocycles. The summed E-state index contributed by atoms with van der Waals surface area (Å²) >= 11 is 0. The minimum absolute atomic E-state index is 0.337. The standard InChI is InChI=1S/C15H22N2O2/c1-10-4-6-12(7-5-10)17(3)14-13(15(18)19)11(2)8-9-16-14/h8-10,12H,4-7H2,1-3H3,(H,18,19). The minimum atomic E-state index is -0.892. The molecule has 0 atom stereocenters. The van der Waals surface area contributed by atoms with Crippen LogP contribution >= 0.6 is 0 Å². The first-order valence-electron chi connectivity index (χ1n) is 6.92. The Balaban J connectivity index is 2.26. The van der Waals surface area contributed by atoms with Crippen LogP contribution in [0.3, 0.4) is 0 Å². The van der Waals surface area contributed by atoms with Gasteiger partial charge < -0.3 is 10.0 Å². The summed E-state index contributed by atoms with van der Waals surface area (Å²) in [5, 5.41) is 9.37. The van der Waals surface area contributed by atoms with Crippen LogP contribution in [0.5, 0.6) is 0 Å². The van der Waals surface area contributed by atoms with E-state index in [9.17, 15) is 9.90 Å². The predicted molar refractivity (Wildman–Crippen MR) is 75.8 cm³/mol. The van der Waals surface area contributed by atoms with Gasteiger partial charge in [-0.3, -0.25) is 0 Å². The second-order valence-electron chi connectivity index (χ2n) is 5.66. The zero-order valence-corrected chi connectivity index (χ0v) is 11.9. The highest BCUT2D eigenvalue weighted by molar-refractivity contribution is 5.94. The summed E-state index contributed by atoms with van der Waals surface area (Å²) in [5.74, 6) is 0.498. The second kappa shape index (κ2) is 5.59. The molecule has 0 spiro atoms. The van der Waals surface area contributed by atoms with Crippen LogP contribution in [0.4, 0.5) is 5.82 Å². The predicted octanol–water partition coefficient (Wildman–Crippen LogP) is 3.10. The van der Waals surface area contributed by atoms with E-state index in [2.05, 4.69) is 16.8 Å². The van der Waals surface area contributed by atoms with E-state index in [0.29, 0.717) is 17.4 Å². The lowest BCUT2D eigenvalue weighted by Crippen LogP contribution is -2.36. The molecule has 1 aliphatic rings. The molecule has 0 radical (unpaired) electrons. The van der Waals surface area contributed by atoms with Gasteiger partial charge in [-0.25, -0.2) is 9.78 Å². The number of aromatic nitrogens is 1. The summed E-state index contributed by atoms with van der Waals surface area (Å²) < 4.78 is 0. The number of carboxylic acid groups (broad SMARTS) is 1. The fourth-order valence-corrected chi connectivity index (χ4v) is 2.88. The zero-order chi connectivity index (χ0) is 14.0. The summed E-state index contributed by atoms with van der Waals surface area (Å²) in [6.07, 6.45) is 6.35. The molecule has 1 heterocycles. The van der Waals surface area contributed by atoms with E-state index >= 15 is 0 Å². The van der Waals surface area contributed by atoms with Gasteiger partial charge in [0.05, 0.1) is 0 Å². The number of anilines is 1. The van der Waals surface area contributed by atoms with Crippen LogP contribution in [-0.2, 0) is 0 Å². The Morgan fingerprint density at radius 3 is 2.58 bits per heavy atom. The van der Waals surface area contributed by atoms with Crippen LogP contribution in [0, 0.1) is 12.8 Å². The molecule has 4 heteroatoms. The topological polar surface area (TPSA) is 53.4 Å². The first kappa shape index (κ1) is 13.8. The monoisotopic (exact) mass is 262 g/mol. The molecule has 104 valence electrons. The first-order chi connectivity index (χ1) is 9.00. The third kappa shape index (κ3) is 2.88. The van der Waals surface area contributed by atoms with E-state index < -0.39 is 5.97 Å². The summed E-state index contributed by atoms with van der Waals surface area (Å²) in [7, 11) is 1.97.